The third-order valence-electron chi connectivity index (χ3n) is 4.26. The Labute approximate surface area is 135 Å². The van der Waals surface area contributed by atoms with Crippen LogP contribution < -0.4 is 5.73 Å². The number of halogens is 1. The minimum atomic E-state index is -3.89. The highest BCUT2D eigenvalue weighted by Gasteiger charge is 2.39. The molecule has 3 rings (SSSR count). The smallest absolute Gasteiger partial charge is 0.246 e. The highest BCUT2D eigenvalue weighted by molar-refractivity contribution is 7.89. The van der Waals surface area contributed by atoms with Crippen LogP contribution >= 0.6 is 0 Å². The van der Waals surface area contributed by atoms with E-state index >= 15 is 0 Å². The fraction of sp³-hybridized carbons (Fsp3) is 0.294. The number of benzene rings is 2. The van der Waals surface area contributed by atoms with Crippen molar-refractivity contribution in [2.24, 2.45) is 5.73 Å². The Bertz CT molecular complexity index is 809. The standard InChI is InChI=1S/C17H19FN2O2S/c1-12-7-8-15(18)17(9-12)23(21,22)20-10-14(16(19)11-20)13-5-3-2-4-6-13/h2-9,14,16H,10-11,19H2,1H3/t14-,16+/m0/s1. The van der Waals surface area contributed by atoms with Crippen molar-refractivity contribution in [3.8, 4) is 0 Å². The lowest BCUT2D eigenvalue weighted by Gasteiger charge is -2.17. The van der Waals surface area contributed by atoms with Gasteiger partial charge in [-0.1, -0.05) is 36.4 Å². The molecule has 1 fully saturated rings. The van der Waals surface area contributed by atoms with Gasteiger partial charge in [0.25, 0.3) is 0 Å². The van der Waals surface area contributed by atoms with Crippen molar-refractivity contribution < 1.29 is 12.8 Å². The van der Waals surface area contributed by atoms with E-state index in [0.29, 0.717) is 5.56 Å². The first-order valence-electron chi connectivity index (χ1n) is 7.46. The fourth-order valence-corrected chi connectivity index (χ4v) is 4.64. The Morgan fingerprint density at radius 1 is 1.13 bits per heavy atom. The number of hydrogen-bond donors (Lipinski definition) is 1. The van der Waals surface area contributed by atoms with Gasteiger partial charge in [0.1, 0.15) is 10.7 Å². The second kappa shape index (κ2) is 6.03. The van der Waals surface area contributed by atoms with Gasteiger partial charge in [-0.3, -0.25) is 0 Å². The van der Waals surface area contributed by atoms with E-state index < -0.39 is 15.8 Å². The molecule has 1 saturated heterocycles. The average Bonchev–Trinajstić information content (AvgIpc) is 2.93. The summed E-state index contributed by atoms with van der Waals surface area (Å²) in [6, 6.07) is 13.4. The Kier molecular flexibility index (Phi) is 4.23. The van der Waals surface area contributed by atoms with Crippen molar-refractivity contribution in [2.75, 3.05) is 13.1 Å². The van der Waals surface area contributed by atoms with Crippen LogP contribution in [0.3, 0.4) is 0 Å². The Hall–Kier alpha value is -1.76. The van der Waals surface area contributed by atoms with Crippen LogP contribution in [-0.4, -0.2) is 31.9 Å². The zero-order valence-electron chi connectivity index (χ0n) is 12.8. The molecule has 23 heavy (non-hydrogen) atoms. The maximum Gasteiger partial charge on any atom is 0.246 e. The van der Waals surface area contributed by atoms with Crippen LogP contribution in [-0.2, 0) is 10.0 Å². The molecule has 2 N–H and O–H groups in total. The molecule has 0 bridgehead atoms. The molecule has 1 heterocycles. The summed E-state index contributed by atoms with van der Waals surface area (Å²) in [4.78, 5) is -0.279. The molecular formula is C17H19FN2O2S. The quantitative estimate of drug-likeness (QED) is 0.936. The van der Waals surface area contributed by atoms with Crippen molar-refractivity contribution in [1.29, 1.82) is 0 Å². The van der Waals surface area contributed by atoms with E-state index in [2.05, 4.69) is 0 Å². The first-order valence-corrected chi connectivity index (χ1v) is 8.90. The van der Waals surface area contributed by atoms with Gasteiger partial charge in [0.05, 0.1) is 0 Å². The van der Waals surface area contributed by atoms with Gasteiger partial charge in [-0.2, -0.15) is 4.31 Å². The van der Waals surface area contributed by atoms with E-state index in [4.69, 9.17) is 5.73 Å². The van der Waals surface area contributed by atoms with Crippen molar-refractivity contribution in [1.82, 2.24) is 4.31 Å². The summed E-state index contributed by atoms with van der Waals surface area (Å²) in [6.07, 6.45) is 0. The third kappa shape index (κ3) is 3.02. The van der Waals surface area contributed by atoms with E-state index in [1.54, 1.807) is 13.0 Å². The van der Waals surface area contributed by atoms with E-state index in [-0.39, 0.29) is 29.9 Å². The lowest BCUT2D eigenvalue weighted by atomic mass is 9.95. The van der Waals surface area contributed by atoms with Crippen molar-refractivity contribution in [2.45, 2.75) is 23.8 Å². The first kappa shape index (κ1) is 16.1. The maximum absolute atomic E-state index is 14.0. The van der Waals surface area contributed by atoms with Crippen molar-refractivity contribution in [3.63, 3.8) is 0 Å². The minimum Gasteiger partial charge on any atom is -0.326 e. The molecule has 0 unspecified atom stereocenters. The number of sulfonamides is 1. The molecule has 122 valence electrons. The number of rotatable bonds is 3. The van der Waals surface area contributed by atoms with Gasteiger partial charge in [0.15, 0.2) is 0 Å². The number of nitrogens with zero attached hydrogens (tertiary/aromatic N) is 1. The van der Waals surface area contributed by atoms with Gasteiger partial charge in [0, 0.05) is 25.0 Å². The maximum atomic E-state index is 14.0. The van der Waals surface area contributed by atoms with Crippen LogP contribution in [0.4, 0.5) is 4.39 Å². The monoisotopic (exact) mass is 334 g/mol. The number of hydrogen-bond acceptors (Lipinski definition) is 3. The number of nitrogens with two attached hydrogens (primary N) is 1. The van der Waals surface area contributed by atoms with Crippen molar-refractivity contribution in [3.05, 3.63) is 65.5 Å². The summed E-state index contributed by atoms with van der Waals surface area (Å²) in [5.41, 5.74) is 7.85. The van der Waals surface area contributed by atoms with E-state index in [9.17, 15) is 12.8 Å². The van der Waals surface area contributed by atoms with E-state index in [1.807, 2.05) is 30.3 Å². The van der Waals surface area contributed by atoms with Crippen LogP contribution in [0.1, 0.15) is 17.0 Å². The van der Waals surface area contributed by atoms with Crippen LogP contribution in [0.2, 0.25) is 0 Å². The number of aryl methyl sites for hydroxylation is 1. The van der Waals surface area contributed by atoms with Crippen LogP contribution in [0, 0.1) is 12.7 Å². The fourth-order valence-electron chi connectivity index (χ4n) is 2.99. The van der Waals surface area contributed by atoms with Gasteiger partial charge in [0.2, 0.25) is 10.0 Å². The van der Waals surface area contributed by atoms with Crippen LogP contribution in [0.15, 0.2) is 53.4 Å². The molecule has 2 aromatic carbocycles. The zero-order valence-corrected chi connectivity index (χ0v) is 13.6. The Balaban J connectivity index is 1.92. The van der Waals surface area contributed by atoms with E-state index in [1.165, 1.54) is 16.4 Å². The van der Waals surface area contributed by atoms with Gasteiger partial charge in [-0.05, 0) is 30.2 Å². The van der Waals surface area contributed by atoms with Gasteiger partial charge < -0.3 is 5.73 Å². The largest absolute Gasteiger partial charge is 0.326 e. The first-order chi connectivity index (χ1) is 10.9. The van der Waals surface area contributed by atoms with Gasteiger partial charge >= 0.3 is 0 Å². The molecule has 6 heteroatoms. The van der Waals surface area contributed by atoms with Crippen LogP contribution in [0.5, 0.6) is 0 Å². The second-order valence-corrected chi connectivity index (χ2v) is 7.84. The summed E-state index contributed by atoms with van der Waals surface area (Å²) < 4.78 is 40.8. The highest BCUT2D eigenvalue weighted by Crippen LogP contribution is 2.31. The summed E-state index contributed by atoms with van der Waals surface area (Å²) in [7, 11) is -3.89. The molecule has 0 amide bonds. The molecule has 0 aliphatic carbocycles. The normalized spacial score (nSPS) is 22.4. The summed E-state index contributed by atoms with van der Waals surface area (Å²) in [5.74, 6) is -0.814. The second-order valence-electron chi connectivity index (χ2n) is 5.94. The van der Waals surface area contributed by atoms with Gasteiger partial charge in [-0.25, -0.2) is 12.8 Å². The van der Waals surface area contributed by atoms with Gasteiger partial charge in [-0.15, -0.1) is 0 Å². The molecule has 0 saturated carbocycles. The molecule has 1 aliphatic rings. The topological polar surface area (TPSA) is 63.4 Å². The van der Waals surface area contributed by atoms with E-state index in [0.717, 1.165) is 5.56 Å². The summed E-state index contributed by atoms with van der Waals surface area (Å²) >= 11 is 0. The Morgan fingerprint density at radius 2 is 1.83 bits per heavy atom. The van der Waals surface area contributed by atoms with Crippen LogP contribution in [0.25, 0.3) is 0 Å². The average molecular weight is 334 g/mol. The predicted octanol–water partition coefficient (Wildman–Crippen LogP) is 2.25. The lowest BCUT2D eigenvalue weighted by molar-refractivity contribution is 0.463. The Morgan fingerprint density at radius 3 is 2.52 bits per heavy atom. The molecule has 0 aromatic heterocycles. The SMILES string of the molecule is Cc1ccc(F)c(S(=O)(=O)N2C[C@@H](N)[C@H](c3ccccc3)C2)c1. The molecule has 2 aromatic rings. The molecular weight excluding hydrogens is 315 g/mol. The van der Waals surface area contributed by atoms with Crippen molar-refractivity contribution >= 4 is 10.0 Å². The molecule has 2 atom stereocenters. The summed E-state index contributed by atoms with van der Waals surface area (Å²) in [5, 5.41) is 0. The predicted molar refractivity (Wildman–Crippen MR) is 87.1 cm³/mol. The molecule has 0 spiro atoms. The molecule has 0 radical (unpaired) electrons. The zero-order chi connectivity index (χ0) is 16.6. The summed E-state index contributed by atoms with van der Waals surface area (Å²) in [6.45, 7) is 2.19. The lowest BCUT2D eigenvalue weighted by Crippen LogP contribution is -2.32. The minimum absolute atomic E-state index is 0.0844. The molecule has 1 aliphatic heterocycles. The highest BCUT2D eigenvalue weighted by atomic mass is 32.2. The molecule has 4 nitrogen and oxygen atoms in total. The third-order valence-corrected chi connectivity index (χ3v) is 6.11.